The van der Waals surface area contributed by atoms with Crippen LogP contribution in [0.15, 0.2) is 28.5 Å². The Morgan fingerprint density at radius 3 is 2.73 bits per heavy atom. The van der Waals surface area contributed by atoms with E-state index in [2.05, 4.69) is 0 Å². The number of fused-ring (bicyclic) bond motifs is 1. The Hall–Kier alpha value is -1.62. The molecule has 1 aromatic carbocycles. The largest absolute Gasteiger partial charge is 0.508 e. The summed E-state index contributed by atoms with van der Waals surface area (Å²) < 4.78 is 23.2. The quantitative estimate of drug-likeness (QED) is 0.764. The van der Waals surface area contributed by atoms with Gasteiger partial charge in [-0.05, 0) is 29.3 Å². The highest BCUT2D eigenvalue weighted by atomic mass is 32.2. The number of phenols is 1. The van der Waals surface area contributed by atoms with Gasteiger partial charge in [0.2, 0.25) is 9.84 Å². The molecule has 0 saturated heterocycles. The van der Waals surface area contributed by atoms with E-state index in [4.69, 9.17) is 0 Å². The second kappa shape index (κ2) is 3.20. The van der Waals surface area contributed by atoms with Gasteiger partial charge in [-0.2, -0.15) is 0 Å². The number of phenolic OH excluding ortho intramolecular Hbond substituents is 1. The first-order valence-electron chi connectivity index (χ1n) is 4.27. The van der Waals surface area contributed by atoms with Gasteiger partial charge in [0.05, 0.1) is 4.90 Å². The maximum Gasteiger partial charge on any atom is 0.200 e. The molecule has 0 spiro atoms. The summed E-state index contributed by atoms with van der Waals surface area (Å²) in [7, 11) is -3.48. The zero-order valence-electron chi connectivity index (χ0n) is 7.67. The molecule has 5 heteroatoms. The van der Waals surface area contributed by atoms with Gasteiger partial charge in [0.25, 0.3) is 0 Å². The molecule has 2 rings (SSSR count). The molecule has 0 aliphatic carbocycles. The van der Waals surface area contributed by atoms with Crippen molar-refractivity contribution in [3.8, 4) is 5.75 Å². The first kappa shape index (κ1) is 9.92. The zero-order chi connectivity index (χ0) is 11.1. The highest BCUT2D eigenvalue weighted by Crippen LogP contribution is 2.36. The summed E-state index contributed by atoms with van der Waals surface area (Å²) in [5.74, 6) is -0.0990. The minimum absolute atomic E-state index is 0.0665. The summed E-state index contributed by atoms with van der Waals surface area (Å²) >= 11 is 0. The minimum atomic E-state index is -3.48. The number of hydrogen-bond donors (Lipinski definition) is 1. The van der Waals surface area contributed by atoms with Crippen molar-refractivity contribution >= 4 is 21.7 Å². The van der Waals surface area contributed by atoms with Gasteiger partial charge in [-0.25, -0.2) is 8.42 Å². The Morgan fingerprint density at radius 2 is 2.07 bits per heavy atom. The predicted molar refractivity (Wildman–Crippen MR) is 54.0 cm³/mol. The Bertz CT molecular complexity index is 555. The third-order valence-electron chi connectivity index (χ3n) is 2.22. The highest BCUT2D eigenvalue weighted by Gasteiger charge is 2.26. The van der Waals surface area contributed by atoms with E-state index in [9.17, 15) is 18.3 Å². The molecule has 0 unspecified atom stereocenters. The SMILES string of the molecule is O=CCC1=CS(=O)(=O)c2cc(O)ccc21. The van der Waals surface area contributed by atoms with Crippen LogP contribution in [0.4, 0.5) is 0 Å². The van der Waals surface area contributed by atoms with Crippen LogP contribution in [-0.4, -0.2) is 19.8 Å². The van der Waals surface area contributed by atoms with Crippen molar-refractivity contribution in [2.45, 2.75) is 11.3 Å². The summed E-state index contributed by atoms with van der Waals surface area (Å²) in [6.45, 7) is 0. The molecule has 1 aliphatic heterocycles. The van der Waals surface area contributed by atoms with Gasteiger partial charge in [0.15, 0.2) is 0 Å². The molecule has 1 N–H and O–H groups in total. The Balaban J connectivity index is 2.67. The normalized spacial score (nSPS) is 16.9. The van der Waals surface area contributed by atoms with Gasteiger partial charge in [0.1, 0.15) is 12.0 Å². The fraction of sp³-hybridized carbons (Fsp3) is 0.100. The number of sulfone groups is 1. The van der Waals surface area contributed by atoms with E-state index >= 15 is 0 Å². The van der Waals surface area contributed by atoms with Crippen LogP contribution in [-0.2, 0) is 14.6 Å². The fourth-order valence-electron chi connectivity index (χ4n) is 1.57. The highest BCUT2D eigenvalue weighted by molar-refractivity contribution is 7.95. The molecule has 0 amide bonds. The van der Waals surface area contributed by atoms with Crippen molar-refractivity contribution in [1.29, 1.82) is 0 Å². The lowest BCUT2D eigenvalue weighted by Crippen LogP contribution is -1.92. The van der Waals surface area contributed by atoms with Crippen LogP contribution in [0.5, 0.6) is 5.75 Å². The number of hydrogen-bond acceptors (Lipinski definition) is 4. The van der Waals surface area contributed by atoms with Gasteiger partial charge in [0, 0.05) is 11.8 Å². The van der Waals surface area contributed by atoms with E-state index in [1.807, 2.05) is 0 Å². The summed E-state index contributed by atoms with van der Waals surface area (Å²) in [6.07, 6.45) is 0.723. The van der Waals surface area contributed by atoms with Crippen LogP contribution in [0.2, 0.25) is 0 Å². The van der Waals surface area contributed by atoms with Crippen LogP contribution >= 0.6 is 0 Å². The maximum absolute atomic E-state index is 11.6. The average Bonchev–Trinajstić information content (AvgIpc) is 2.39. The molecule has 1 aromatic rings. The molecular formula is C10H8O4S. The summed E-state index contributed by atoms with van der Waals surface area (Å²) in [5, 5.41) is 10.3. The number of carbonyl (C=O) groups is 1. The van der Waals surface area contributed by atoms with Crippen LogP contribution in [0.25, 0.3) is 5.57 Å². The Morgan fingerprint density at radius 1 is 1.33 bits per heavy atom. The van der Waals surface area contributed by atoms with Crippen molar-refractivity contribution < 1.29 is 18.3 Å². The number of allylic oxidation sites excluding steroid dienone is 1. The molecule has 1 aliphatic rings. The van der Waals surface area contributed by atoms with Crippen molar-refractivity contribution in [3.05, 3.63) is 29.2 Å². The molecular weight excluding hydrogens is 216 g/mol. The molecule has 15 heavy (non-hydrogen) atoms. The van der Waals surface area contributed by atoms with Crippen LogP contribution in [0.3, 0.4) is 0 Å². The molecule has 78 valence electrons. The van der Waals surface area contributed by atoms with E-state index in [0.29, 0.717) is 17.4 Å². The van der Waals surface area contributed by atoms with E-state index in [1.54, 1.807) is 0 Å². The first-order valence-corrected chi connectivity index (χ1v) is 5.82. The summed E-state index contributed by atoms with van der Waals surface area (Å²) in [6, 6.07) is 4.10. The lowest BCUT2D eigenvalue weighted by atomic mass is 10.1. The molecule has 0 saturated carbocycles. The van der Waals surface area contributed by atoms with Crippen molar-refractivity contribution in [1.82, 2.24) is 0 Å². The van der Waals surface area contributed by atoms with Crippen LogP contribution in [0.1, 0.15) is 12.0 Å². The number of benzene rings is 1. The van der Waals surface area contributed by atoms with Gasteiger partial charge < -0.3 is 9.90 Å². The molecule has 1 heterocycles. The predicted octanol–water partition coefficient (Wildman–Crippen LogP) is 1.11. The number of aldehydes is 1. The van der Waals surface area contributed by atoms with Crippen molar-refractivity contribution in [2.75, 3.05) is 0 Å². The molecule has 0 radical (unpaired) electrons. The minimum Gasteiger partial charge on any atom is -0.508 e. The molecule has 0 bridgehead atoms. The van der Waals surface area contributed by atoms with E-state index in [1.165, 1.54) is 18.2 Å². The second-order valence-corrected chi connectivity index (χ2v) is 5.00. The van der Waals surface area contributed by atoms with Gasteiger partial charge in [-0.1, -0.05) is 0 Å². The fourth-order valence-corrected chi connectivity index (χ4v) is 3.09. The third-order valence-corrected chi connectivity index (χ3v) is 3.76. The number of aromatic hydroxyl groups is 1. The van der Waals surface area contributed by atoms with Crippen LogP contribution in [0, 0.1) is 0 Å². The topological polar surface area (TPSA) is 71.4 Å². The second-order valence-electron chi connectivity index (χ2n) is 3.24. The summed E-state index contributed by atoms with van der Waals surface area (Å²) in [5.41, 5.74) is 0.972. The molecule has 0 aromatic heterocycles. The monoisotopic (exact) mass is 224 g/mol. The Kier molecular flexibility index (Phi) is 2.12. The standard InChI is InChI=1S/C10H8O4S/c11-4-3-7-6-15(13,14)10-5-8(12)1-2-9(7)10/h1-2,4-6,12H,3H2. The van der Waals surface area contributed by atoms with Gasteiger partial charge in [-0.15, -0.1) is 0 Å². The lowest BCUT2D eigenvalue weighted by Gasteiger charge is -2.01. The van der Waals surface area contributed by atoms with Crippen molar-refractivity contribution in [3.63, 3.8) is 0 Å². The van der Waals surface area contributed by atoms with Gasteiger partial charge in [-0.3, -0.25) is 0 Å². The van der Waals surface area contributed by atoms with Crippen LogP contribution < -0.4 is 0 Å². The van der Waals surface area contributed by atoms with E-state index in [0.717, 1.165) is 5.41 Å². The van der Waals surface area contributed by atoms with E-state index < -0.39 is 9.84 Å². The number of carbonyl (C=O) groups excluding carboxylic acids is 1. The first-order chi connectivity index (χ1) is 7.04. The van der Waals surface area contributed by atoms with E-state index in [-0.39, 0.29) is 17.1 Å². The number of rotatable bonds is 2. The van der Waals surface area contributed by atoms with Gasteiger partial charge >= 0.3 is 0 Å². The molecule has 0 fully saturated rings. The molecule has 4 nitrogen and oxygen atoms in total. The van der Waals surface area contributed by atoms with Crippen molar-refractivity contribution in [2.24, 2.45) is 0 Å². The lowest BCUT2D eigenvalue weighted by molar-refractivity contribution is -0.107. The average molecular weight is 224 g/mol. The third kappa shape index (κ3) is 1.55. The summed E-state index contributed by atoms with van der Waals surface area (Å²) in [4.78, 5) is 10.4. The maximum atomic E-state index is 11.6. The zero-order valence-corrected chi connectivity index (χ0v) is 8.49. The smallest absolute Gasteiger partial charge is 0.200 e. The Labute approximate surface area is 86.8 Å². The molecule has 0 atom stereocenters.